The smallest absolute Gasteiger partial charge is 0.278 e. The van der Waals surface area contributed by atoms with Crippen LogP contribution in [-0.2, 0) is 22.3 Å². The zero-order chi connectivity index (χ0) is 34.5. The first kappa shape index (κ1) is 35.2. The molecule has 4 heterocycles. The van der Waals surface area contributed by atoms with Crippen molar-refractivity contribution >= 4 is 26.7 Å². The Morgan fingerprint density at radius 3 is 2.60 bits per heavy atom. The van der Waals surface area contributed by atoms with Crippen LogP contribution in [0.5, 0.6) is 0 Å². The van der Waals surface area contributed by atoms with Crippen molar-refractivity contribution < 1.29 is 21.6 Å². The van der Waals surface area contributed by atoms with E-state index in [-0.39, 0.29) is 60.3 Å². The van der Waals surface area contributed by atoms with E-state index in [9.17, 15) is 13.2 Å². The Labute approximate surface area is 277 Å². The number of hydrogen-bond donors (Lipinski definition) is 1. The van der Waals surface area contributed by atoms with E-state index in [4.69, 9.17) is 12.0 Å². The van der Waals surface area contributed by atoms with E-state index in [2.05, 4.69) is 31.2 Å². The first-order valence-electron chi connectivity index (χ1n) is 16.2. The molecule has 5 rings (SSSR count). The SMILES string of the molecule is C#CCN1CCC(C(F)(F)c2cccc([C@@H](C)Nc3ncnc4c3cc(C3CCS(=O)(=O)CC3)c(=O)n4CCCCN=[N+]=[N-])c2F)CC1. The van der Waals surface area contributed by atoms with E-state index in [1.807, 2.05) is 4.90 Å². The summed E-state index contributed by atoms with van der Waals surface area (Å²) in [5.74, 6) is -2.96. The average Bonchev–Trinajstić information content (AvgIpc) is 3.06. The summed E-state index contributed by atoms with van der Waals surface area (Å²) in [6, 6.07) is 4.88. The number of likely N-dealkylation sites (tertiary alicyclic amines) is 1. The minimum absolute atomic E-state index is 0.0288. The maximum absolute atomic E-state index is 16.0. The van der Waals surface area contributed by atoms with Gasteiger partial charge in [0.25, 0.3) is 11.5 Å². The molecule has 11 nitrogen and oxygen atoms in total. The highest BCUT2D eigenvalue weighted by molar-refractivity contribution is 7.91. The van der Waals surface area contributed by atoms with E-state index >= 15 is 13.2 Å². The molecule has 2 fully saturated rings. The van der Waals surface area contributed by atoms with Gasteiger partial charge in [0, 0.05) is 35.0 Å². The fourth-order valence-electron chi connectivity index (χ4n) is 6.74. The van der Waals surface area contributed by atoms with E-state index in [1.54, 1.807) is 13.0 Å². The van der Waals surface area contributed by atoms with Crippen LogP contribution in [0.1, 0.15) is 74.1 Å². The Bertz CT molecular complexity index is 1880. The number of alkyl halides is 2. The number of sulfone groups is 1. The molecule has 0 radical (unpaired) electrons. The van der Waals surface area contributed by atoms with Crippen molar-refractivity contribution in [1.82, 2.24) is 19.4 Å². The third-order valence-electron chi connectivity index (χ3n) is 9.48. The van der Waals surface area contributed by atoms with Crippen LogP contribution in [0.2, 0.25) is 0 Å². The standard InChI is InChI=1S/C33H39F3N8O3S/c1-3-14-43-16-9-24(10-17-43)33(35,36)28-8-6-7-25(29(28)34)22(2)41-30-27-20-26(23-11-18-48(46,47)19-12-23)32(45)44(31(27)39-21-38-30)15-5-4-13-40-42-37/h1,6-8,20-24H,4-5,9-19H2,2H3,(H,38,39,41)/t22-/m1/s1. The third-order valence-corrected chi connectivity index (χ3v) is 11.2. The molecule has 256 valence electrons. The molecule has 2 aliphatic heterocycles. The number of fused-ring (bicyclic) bond motifs is 1. The van der Waals surface area contributed by atoms with Gasteiger partial charge in [-0.05, 0) is 76.1 Å². The Hall–Kier alpha value is -4.12. The highest BCUT2D eigenvalue weighted by Gasteiger charge is 2.45. The largest absolute Gasteiger partial charge is 0.363 e. The molecule has 1 atom stereocenters. The third kappa shape index (κ3) is 7.61. The first-order chi connectivity index (χ1) is 23.0. The van der Waals surface area contributed by atoms with E-state index in [0.717, 1.165) is 6.07 Å². The molecule has 2 aliphatic rings. The van der Waals surface area contributed by atoms with E-state index in [0.29, 0.717) is 61.9 Å². The number of azide groups is 1. The molecule has 3 aromatic rings. The second-order valence-corrected chi connectivity index (χ2v) is 14.9. The number of anilines is 1. The number of terminal acetylenes is 1. The lowest BCUT2D eigenvalue weighted by molar-refractivity contribution is -0.0871. The van der Waals surface area contributed by atoms with E-state index < -0.39 is 39.1 Å². The molecular weight excluding hydrogens is 645 g/mol. The Morgan fingerprint density at radius 1 is 1.19 bits per heavy atom. The summed E-state index contributed by atoms with van der Waals surface area (Å²) in [7, 11) is -3.18. The normalized spacial score (nSPS) is 18.2. The van der Waals surface area contributed by atoms with Gasteiger partial charge in [-0.1, -0.05) is 29.2 Å². The number of benzene rings is 1. The second-order valence-electron chi connectivity index (χ2n) is 12.6. The van der Waals surface area contributed by atoms with Crippen LogP contribution >= 0.6 is 0 Å². The highest BCUT2D eigenvalue weighted by atomic mass is 32.2. The van der Waals surface area contributed by atoms with Crippen LogP contribution in [0, 0.1) is 24.1 Å². The van der Waals surface area contributed by atoms with Gasteiger partial charge in [-0.25, -0.2) is 31.6 Å². The maximum atomic E-state index is 16.0. The molecule has 0 saturated carbocycles. The molecule has 2 aromatic heterocycles. The zero-order valence-electron chi connectivity index (χ0n) is 26.8. The zero-order valence-corrected chi connectivity index (χ0v) is 27.6. The summed E-state index contributed by atoms with van der Waals surface area (Å²) in [4.78, 5) is 27.3. The first-order valence-corrected chi connectivity index (χ1v) is 18.0. The number of rotatable bonds is 12. The van der Waals surface area contributed by atoms with Gasteiger partial charge >= 0.3 is 0 Å². The van der Waals surface area contributed by atoms with Crippen LogP contribution in [0.15, 0.2) is 40.5 Å². The molecule has 0 unspecified atom stereocenters. The molecule has 15 heteroatoms. The van der Waals surface area contributed by atoms with E-state index in [1.165, 1.54) is 23.0 Å². The predicted molar refractivity (Wildman–Crippen MR) is 178 cm³/mol. The summed E-state index contributed by atoms with van der Waals surface area (Å²) >= 11 is 0. The average molecular weight is 685 g/mol. The topological polar surface area (TPSA) is 146 Å². The van der Waals surface area contributed by atoms with Crippen LogP contribution < -0.4 is 10.9 Å². The molecule has 48 heavy (non-hydrogen) atoms. The van der Waals surface area contributed by atoms with Gasteiger partial charge in [-0.3, -0.25) is 14.3 Å². The molecule has 0 spiro atoms. The molecule has 0 aliphatic carbocycles. The van der Waals surface area contributed by atoms with Crippen molar-refractivity contribution in [3.63, 3.8) is 0 Å². The number of aryl methyl sites for hydroxylation is 1. The fraction of sp³-hybridized carbons (Fsp3) is 0.545. The Balaban J connectivity index is 1.47. The molecule has 1 aromatic carbocycles. The maximum Gasteiger partial charge on any atom is 0.278 e. The van der Waals surface area contributed by atoms with Crippen LogP contribution in [0.25, 0.3) is 21.5 Å². The van der Waals surface area contributed by atoms with Gasteiger partial charge in [-0.2, -0.15) is 0 Å². The molecule has 0 bridgehead atoms. The predicted octanol–water partition coefficient (Wildman–Crippen LogP) is 5.92. The van der Waals surface area contributed by atoms with Gasteiger partial charge in [0.05, 0.1) is 35.0 Å². The highest BCUT2D eigenvalue weighted by Crippen LogP contribution is 2.43. The summed E-state index contributed by atoms with van der Waals surface area (Å²) in [6.07, 6.45) is 8.66. The summed E-state index contributed by atoms with van der Waals surface area (Å²) in [5.41, 5.74) is 8.43. The lowest BCUT2D eigenvalue weighted by Crippen LogP contribution is -2.40. The van der Waals surface area contributed by atoms with Crippen molar-refractivity contribution in [3.8, 4) is 12.3 Å². The van der Waals surface area contributed by atoms with Gasteiger partial charge < -0.3 is 5.32 Å². The van der Waals surface area contributed by atoms with Crippen molar-refractivity contribution in [2.75, 3.05) is 43.0 Å². The minimum atomic E-state index is -3.39. The number of pyridine rings is 1. The van der Waals surface area contributed by atoms with Gasteiger partial charge in [0.2, 0.25) is 0 Å². The number of nitrogens with zero attached hydrogens (tertiary/aromatic N) is 7. The molecule has 2 saturated heterocycles. The van der Waals surface area contributed by atoms with Crippen molar-refractivity contribution in [2.24, 2.45) is 11.0 Å². The van der Waals surface area contributed by atoms with Crippen LogP contribution in [0.3, 0.4) is 0 Å². The number of aromatic nitrogens is 3. The molecule has 1 N–H and O–H groups in total. The van der Waals surface area contributed by atoms with Crippen molar-refractivity contribution in [1.29, 1.82) is 0 Å². The van der Waals surface area contributed by atoms with Gasteiger partial charge in [0.15, 0.2) is 0 Å². The monoisotopic (exact) mass is 684 g/mol. The summed E-state index contributed by atoms with van der Waals surface area (Å²) < 4.78 is 73.3. The lowest BCUT2D eigenvalue weighted by Gasteiger charge is -2.35. The molecule has 0 amide bonds. The number of nitrogens with one attached hydrogen (secondary N) is 1. The lowest BCUT2D eigenvalue weighted by atomic mass is 9.85. The number of piperidine rings is 1. The summed E-state index contributed by atoms with van der Waals surface area (Å²) in [6.45, 7) is 3.39. The Morgan fingerprint density at radius 2 is 1.92 bits per heavy atom. The minimum Gasteiger partial charge on any atom is -0.363 e. The van der Waals surface area contributed by atoms with Gasteiger partial charge in [-0.15, -0.1) is 6.42 Å². The van der Waals surface area contributed by atoms with Crippen LogP contribution in [-0.4, -0.2) is 65.5 Å². The van der Waals surface area contributed by atoms with Gasteiger partial charge in [0.1, 0.15) is 33.4 Å². The quantitative estimate of drug-likeness (QED) is 0.0819. The number of hydrogen-bond acceptors (Lipinski definition) is 8. The number of unbranched alkanes of at least 4 members (excludes halogenated alkanes) is 1. The number of halogens is 3. The van der Waals surface area contributed by atoms with Crippen LogP contribution in [0.4, 0.5) is 19.0 Å². The second kappa shape index (κ2) is 15.0. The summed E-state index contributed by atoms with van der Waals surface area (Å²) in [5, 5.41) is 7.17. The van der Waals surface area contributed by atoms with Crippen molar-refractivity contribution in [3.05, 3.63) is 73.9 Å². The Kier molecular flexibility index (Phi) is 11.0. The van der Waals surface area contributed by atoms with Crippen molar-refractivity contribution in [2.45, 2.75) is 69.9 Å². The fourth-order valence-corrected chi connectivity index (χ4v) is 8.24. The molecular formula is C33H39F3N8O3S.